The summed E-state index contributed by atoms with van der Waals surface area (Å²) in [6, 6.07) is 6.31. The van der Waals surface area contributed by atoms with Crippen LogP contribution in [-0.2, 0) is 4.79 Å². The standard InChI is InChI=1S/C16H21FN2O/c17-12-6-8-13(9-7-12)18-16(20)15-10-5-11-3-1-2-4-14(11)19-15/h6-9,11,14-15,19H,1-5,10H2,(H,18,20). The van der Waals surface area contributed by atoms with E-state index in [9.17, 15) is 9.18 Å². The van der Waals surface area contributed by atoms with Gasteiger partial charge in [-0.05, 0) is 55.9 Å². The number of fused-ring (bicyclic) bond motifs is 1. The van der Waals surface area contributed by atoms with Crippen molar-refractivity contribution in [3.63, 3.8) is 0 Å². The van der Waals surface area contributed by atoms with Crippen LogP contribution in [0.15, 0.2) is 24.3 Å². The van der Waals surface area contributed by atoms with Crippen molar-refractivity contribution < 1.29 is 9.18 Å². The Hall–Kier alpha value is -1.42. The van der Waals surface area contributed by atoms with Crippen LogP contribution in [0, 0.1) is 11.7 Å². The molecule has 2 N–H and O–H groups in total. The van der Waals surface area contributed by atoms with Crippen molar-refractivity contribution in [1.29, 1.82) is 0 Å². The molecule has 1 aliphatic carbocycles. The number of hydrogen-bond acceptors (Lipinski definition) is 2. The third-order valence-corrected chi connectivity index (χ3v) is 4.58. The van der Waals surface area contributed by atoms with Crippen molar-refractivity contribution in [2.45, 2.75) is 50.6 Å². The summed E-state index contributed by atoms with van der Waals surface area (Å²) in [5.41, 5.74) is 0.656. The smallest absolute Gasteiger partial charge is 0.241 e. The molecule has 0 radical (unpaired) electrons. The van der Waals surface area contributed by atoms with Gasteiger partial charge in [0.25, 0.3) is 0 Å². The summed E-state index contributed by atoms with van der Waals surface area (Å²) in [6.45, 7) is 0. The molecule has 2 aliphatic rings. The van der Waals surface area contributed by atoms with Gasteiger partial charge in [0.15, 0.2) is 0 Å². The summed E-state index contributed by atoms with van der Waals surface area (Å²) >= 11 is 0. The highest BCUT2D eigenvalue weighted by atomic mass is 19.1. The average molecular weight is 276 g/mol. The number of hydrogen-bond donors (Lipinski definition) is 2. The number of nitrogens with one attached hydrogen (secondary N) is 2. The SMILES string of the molecule is O=C(Nc1ccc(F)cc1)C1CCC2CCCCC2N1. The molecule has 1 saturated carbocycles. The van der Waals surface area contributed by atoms with Gasteiger partial charge in [-0.2, -0.15) is 0 Å². The minimum Gasteiger partial charge on any atom is -0.325 e. The molecular weight excluding hydrogens is 255 g/mol. The maximum Gasteiger partial charge on any atom is 0.241 e. The van der Waals surface area contributed by atoms with E-state index in [-0.39, 0.29) is 17.8 Å². The minimum absolute atomic E-state index is 0.000585. The van der Waals surface area contributed by atoms with Gasteiger partial charge in [-0.25, -0.2) is 4.39 Å². The highest BCUT2D eigenvalue weighted by Gasteiger charge is 2.34. The molecule has 1 aliphatic heterocycles. The van der Waals surface area contributed by atoms with Gasteiger partial charge in [0.1, 0.15) is 5.82 Å². The highest BCUT2D eigenvalue weighted by Crippen LogP contribution is 2.32. The molecule has 3 nitrogen and oxygen atoms in total. The van der Waals surface area contributed by atoms with Gasteiger partial charge in [-0.3, -0.25) is 4.79 Å². The number of piperidine rings is 1. The first kappa shape index (κ1) is 13.6. The molecule has 3 unspecified atom stereocenters. The monoisotopic (exact) mass is 276 g/mol. The molecule has 4 heteroatoms. The molecule has 1 aromatic rings. The van der Waals surface area contributed by atoms with Crippen molar-refractivity contribution in [2.24, 2.45) is 5.92 Å². The van der Waals surface area contributed by atoms with E-state index in [2.05, 4.69) is 10.6 Å². The Kier molecular flexibility index (Phi) is 4.01. The summed E-state index contributed by atoms with van der Waals surface area (Å²) in [5, 5.41) is 6.37. The number of amides is 1. The minimum atomic E-state index is -0.288. The number of carbonyl (C=O) groups excluding carboxylic acids is 1. The summed E-state index contributed by atoms with van der Waals surface area (Å²) in [5.74, 6) is 0.461. The molecule has 0 bridgehead atoms. The van der Waals surface area contributed by atoms with Crippen LogP contribution in [0.25, 0.3) is 0 Å². The lowest BCUT2D eigenvalue weighted by Crippen LogP contribution is -2.53. The summed E-state index contributed by atoms with van der Waals surface area (Å²) < 4.78 is 12.8. The zero-order valence-corrected chi connectivity index (χ0v) is 11.6. The Labute approximate surface area is 118 Å². The van der Waals surface area contributed by atoms with Crippen molar-refractivity contribution in [3.05, 3.63) is 30.1 Å². The molecule has 108 valence electrons. The fraction of sp³-hybridized carbons (Fsp3) is 0.562. The first-order valence-electron chi connectivity index (χ1n) is 7.55. The Bertz CT molecular complexity index is 474. The highest BCUT2D eigenvalue weighted by molar-refractivity contribution is 5.94. The number of rotatable bonds is 2. The first-order valence-corrected chi connectivity index (χ1v) is 7.55. The van der Waals surface area contributed by atoms with Crippen molar-refractivity contribution in [3.8, 4) is 0 Å². The second-order valence-corrected chi connectivity index (χ2v) is 5.94. The van der Waals surface area contributed by atoms with Crippen LogP contribution in [-0.4, -0.2) is 18.0 Å². The molecule has 1 aromatic carbocycles. The van der Waals surface area contributed by atoms with Crippen LogP contribution in [0.5, 0.6) is 0 Å². The fourth-order valence-corrected chi connectivity index (χ4v) is 3.46. The van der Waals surface area contributed by atoms with Gasteiger partial charge in [0.2, 0.25) is 5.91 Å². The third kappa shape index (κ3) is 3.01. The van der Waals surface area contributed by atoms with Crippen molar-refractivity contribution in [2.75, 3.05) is 5.32 Å². The summed E-state index contributed by atoms with van der Waals surface area (Å²) in [6.07, 6.45) is 7.11. The lowest BCUT2D eigenvalue weighted by molar-refractivity contribution is -0.119. The first-order chi connectivity index (χ1) is 9.72. The quantitative estimate of drug-likeness (QED) is 0.871. The zero-order valence-electron chi connectivity index (χ0n) is 11.6. The zero-order chi connectivity index (χ0) is 13.9. The molecular formula is C16H21FN2O. The van der Waals surface area contributed by atoms with Crippen LogP contribution in [0.3, 0.4) is 0 Å². The molecule has 3 atom stereocenters. The van der Waals surface area contributed by atoms with Gasteiger partial charge in [0.05, 0.1) is 6.04 Å². The maximum atomic E-state index is 12.8. The van der Waals surface area contributed by atoms with E-state index in [0.717, 1.165) is 18.8 Å². The fourth-order valence-electron chi connectivity index (χ4n) is 3.46. The largest absolute Gasteiger partial charge is 0.325 e. The molecule has 1 heterocycles. The lowest BCUT2D eigenvalue weighted by Gasteiger charge is -2.39. The van der Waals surface area contributed by atoms with E-state index < -0.39 is 0 Å². The molecule has 20 heavy (non-hydrogen) atoms. The molecule has 1 amide bonds. The number of benzene rings is 1. The molecule has 2 fully saturated rings. The molecule has 1 saturated heterocycles. The average Bonchev–Trinajstić information content (AvgIpc) is 2.49. The molecule has 0 spiro atoms. The normalized spacial score (nSPS) is 29.6. The van der Waals surface area contributed by atoms with Gasteiger partial charge >= 0.3 is 0 Å². The van der Waals surface area contributed by atoms with Gasteiger partial charge in [-0.1, -0.05) is 12.8 Å². The van der Waals surface area contributed by atoms with Crippen LogP contribution >= 0.6 is 0 Å². The van der Waals surface area contributed by atoms with E-state index in [1.54, 1.807) is 12.1 Å². The predicted octanol–water partition coefficient (Wildman–Crippen LogP) is 3.08. The van der Waals surface area contributed by atoms with Gasteiger partial charge in [0, 0.05) is 11.7 Å². The summed E-state index contributed by atoms with van der Waals surface area (Å²) in [7, 11) is 0. The number of anilines is 1. The Morgan fingerprint density at radius 2 is 1.85 bits per heavy atom. The van der Waals surface area contributed by atoms with Crippen molar-refractivity contribution in [1.82, 2.24) is 5.32 Å². The van der Waals surface area contributed by atoms with Crippen LogP contribution < -0.4 is 10.6 Å². The van der Waals surface area contributed by atoms with Crippen molar-refractivity contribution >= 4 is 11.6 Å². The maximum absolute atomic E-state index is 12.8. The second-order valence-electron chi connectivity index (χ2n) is 5.94. The second kappa shape index (κ2) is 5.92. The third-order valence-electron chi connectivity index (χ3n) is 4.58. The van der Waals surface area contributed by atoms with E-state index in [1.807, 2.05) is 0 Å². The number of carbonyl (C=O) groups is 1. The molecule has 3 rings (SSSR count). The Balaban J connectivity index is 1.58. The van der Waals surface area contributed by atoms with E-state index in [0.29, 0.717) is 11.7 Å². The topological polar surface area (TPSA) is 41.1 Å². The van der Waals surface area contributed by atoms with E-state index in [4.69, 9.17) is 0 Å². The van der Waals surface area contributed by atoms with E-state index in [1.165, 1.54) is 37.8 Å². The van der Waals surface area contributed by atoms with Crippen LogP contribution in [0.2, 0.25) is 0 Å². The Morgan fingerprint density at radius 3 is 2.65 bits per heavy atom. The Morgan fingerprint density at radius 1 is 1.10 bits per heavy atom. The van der Waals surface area contributed by atoms with Gasteiger partial charge < -0.3 is 10.6 Å². The predicted molar refractivity (Wildman–Crippen MR) is 76.9 cm³/mol. The number of halogens is 1. The van der Waals surface area contributed by atoms with Gasteiger partial charge in [-0.15, -0.1) is 0 Å². The van der Waals surface area contributed by atoms with E-state index >= 15 is 0 Å². The lowest BCUT2D eigenvalue weighted by atomic mass is 9.77. The van der Waals surface area contributed by atoms with Crippen LogP contribution in [0.1, 0.15) is 38.5 Å². The van der Waals surface area contributed by atoms with Crippen LogP contribution in [0.4, 0.5) is 10.1 Å². The summed E-state index contributed by atoms with van der Waals surface area (Å²) in [4.78, 5) is 12.3. The molecule has 0 aromatic heterocycles.